The van der Waals surface area contributed by atoms with Crippen LogP contribution in [0, 0.1) is 5.92 Å². The number of esters is 2. The van der Waals surface area contributed by atoms with Crippen molar-refractivity contribution in [2.24, 2.45) is 10.9 Å². The Hall–Kier alpha value is -3.94. The first-order valence-electron chi connectivity index (χ1n) is 14.3. The molecule has 1 fully saturated rings. The van der Waals surface area contributed by atoms with Crippen LogP contribution in [0.2, 0.25) is 0 Å². The van der Waals surface area contributed by atoms with Crippen molar-refractivity contribution < 1.29 is 33.3 Å². The molecule has 1 saturated carbocycles. The summed E-state index contributed by atoms with van der Waals surface area (Å²) in [6, 6.07) is 12.7. The Kier molecular flexibility index (Phi) is 8.57. The van der Waals surface area contributed by atoms with Crippen molar-refractivity contribution in [3.8, 4) is 11.5 Å². The molecular weight excluding hydrogens is 522 g/mol. The lowest BCUT2D eigenvalue weighted by atomic mass is 9.69. The van der Waals surface area contributed by atoms with Crippen molar-refractivity contribution in [3.05, 3.63) is 70.4 Å². The van der Waals surface area contributed by atoms with E-state index in [1.165, 1.54) is 7.11 Å². The van der Waals surface area contributed by atoms with Crippen molar-refractivity contribution >= 4 is 23.4 Å². The summed E-state index contributed by atoms with van der Waals surface area (Å²) in [6.07, 6.45) is 5.66. The van der Waals surface area contributed by atoms with Gasteiger partial charge in [0.15, 0.2) is 17.3 Å². The van der Waals surface area contributed by atoms with Gasteiger partial charge in [-0.15, -0.1) is 0 Å². The molecule has 0 bridgehead atoms. The summed E-state index contributed by atoms with van der Waals surface area (Å²) in [5.74, 6) is -0.968. The van der Waals surface area contributed by atoms with Gasteiger partial charge in [0, 0.05) is 29.3 Å². The third kappa shape index (κ3) is 5.78. The first-order valence-corrected chi connectivity index (χ1v) is 14.3. The molecule has 0 radical (unpaired) electrons. The highest BCUT2D eigenvalue weighted by Gasteiger charge is 2.45. The number of allylic oxidation sites excluding steroid dienone is 2. The van der Waals surface area contributed by atoms with Crippen LogP contribution in [0.4, 0.5) is 0 Å². The normalized spacial score (nSPS) is 22.9. The average Bonchev–Trinajstić information content (AvgIpc) is 3.00. The van der Waals surface area contributed by atoms with Gasteiger partial charge in [0.2, 0.25) is 0 Å². The Bertz CT molecular complexity index is 1380. The second-order valence-corrected chi connectivity index (χ2v) is 11.0. The summed E-state index contributed by atoms with van der Waals surface area (Å²) < 4.78 is 21.8. The van der Waals surface area contributed by atoms with Crippen LogP contribution >= 0.6 is 0 Å². The number of hydrogen-bond acceptors (Lipinski definition) is 8. The molecule has 0 N–H and O–H groups in total. The lowest BCUT2D eigenvalue weighted by Gasteiger charge is -2.37. The van der Waals surface area contributed by atoms with Crippen LogP contribution in [0.15, 0.2) is 58.7 Å². The lowest BCUT2D eigenvalue weighted by Crippen LogP contribution is -2.39. The number of aliphatic imine (C=N–C) groups is 1. The molecule has 2 aliphatic carbocycles. The molecular formula is C33H37NO7. The minimum absolute atomic E-state index is 0.0419. The summed E-state index contributed by atoms with van der Waals surface area (Å²) in [5, 5.41) is 0. The second-order valence-electron chi connectivity index (χ2n) is 11.0. The zero-order valence-corrected chi connectivity index (χ0v) is 24.1. The monoisotopic (exact) mass is 559 g/mol. The van der Waals surface area contributed by atoms with Crippen LogP contribution in [0.1, 0.15) is 85.2 Å². The molecule has 8 heteroatoms. The molecule has 0 aromatic heterocycles. The van der Waals surface area contributed by atoms with Crippen LogP contribution in [0.5, 0.6) is 11.5 Å². The molecule has 3 atom stereocenters. The maximum absolute atomic E-state index is 14.0. The third-order valence-corrected chi connectivity index (χ3v) is 8.55. The molecule has 1 unspecified atom stereocenters. The molecule has 2 aromatic rings. The van der Waals surface area contributed by atoms with E-state index in [1.54, 1.807) is 38.5 Å². The van der Waals surface area contributed by atoms with E-state index in [4.69, 9.17) is 23.9 Å². The number of ketones is 1. The number of carbonyl (C=O) groups is 3. The maximum atomic E-state index is 14.0. The van der Waals surface area contributed by atoms with E-state index in [1.807, 2.05) is 25.1 Å². The number of nitrogens with zero attached hydrogens (tertiary/aromatic N) is 1. The van der Waals surface area contributed by atoms with Crippen molar-refractivity contribution in [1.82, 2.24) is 0 Å². The van der Waals surface area contributed by atoms with Crippen LogP contribution in [0.25, 0.3) is 0 Å². The molecule has 2 aromatic carbocycles. The van der Waals surface area contributed by atoms with E-state index in [0.717, 1.165) is 43.2 Å². The van der Waals surface area contributed by atoms with Crippen LogP contribution in [-0.2, 0) is 19.1 Å². The van der Waals surface area contributed by atoms with E-state index in [9.17, 15) is 14.4 Å². The first kappa shape index (κ1) is 28.6. The Morgan fingerprint density at radius 2 is 1.54 bits per heavy atom. The highest BCUT2D eigenvalue weighted by atomic mass is 16.5. The van der Waals surface area contributed by atoms with E-state index in [2.05, 4.69) is 0 Å². The van der Waals surface area contributed by atoms with Crippen molar-refractivity contribution in [3.63, 3.8) is 0 Å². The minimum atomic E-state index is -0.721. The van der Waals surface area contributed by atoms with Gasteiger partial charge >= 0.3 is 11.9 Å². The van der Waals surface area contributed by atoms with E-state index in [-0.39, 0.29) is 30.2 Å². The van der Waals surface area contributed by atoms with Gasteiger partial charge in [-0.25, -0.2) is 4.79 Å². The van der Waals surface area contributed by atoms with Gasteiger partial charge in [0.25, 0.3) is 0 Å². The van der Waals surface area contributed by atoms with Gasteiger partial charge in [-0.2, -0.15) is 0 Å². The van der Waals surface area contributed by atoms with E-state index >= 15 is 0 Å². The molecule has 0 amide bonds. The smallest absolute Gasteiger partial charge is 0.337 e. The summed E-state index contributed by atoms with van der Waals surface area (Å²) in [4.78, 5) is 44.7. The minimum Gasteiger partial charge on any atom is -0.493 e. The quantitative estimate of drug-likeness (QED) is 0.387. The Balaban J connectivity index is 1.52. The number of Topliss-reactive ketones (excluding diaryl/α,β-unsaturated/α-hetero) is 1. The van der Waals surface area contributed by atoms with Crippen LogP contribution < -0.4 is 9.47 Å². The van der Waals surface area contributed by atoms with Crippen LogP contribution in [0.3, 0.4) is 0 Å². The molecule has 3 aliphatic rings. The van der Waals surface area contributed by atoms with Crippen molar-refractivity contribution in [2.45, 2.75) is 69.8 Å². The number of ether oxygens (including phenoxy) is 4. The SMILES string of the molecule is COC(=O)c1ccc([C@H]2C3=C(C[C@H](c4ccc(OC)c(OC)c4)CC3=O)N=C(C)C2C(=O)OC2CCCCC2)cc1. The largest absolute Gasteiger partial charge is 0.493 e. The van der Waals surface area contributed by atoms with E-state index in [0.29, 0.717) is 40.5 Å². The highest BCUT2D eigenvalue weighted by Crippen LogP contribution is 2.47. The predicted molar refractivity (Wildman–Crippen MR) is 154 cm³/mol. The lowest BCUT2D eigenvalue weighted by molar-refractivity contribution is -0.153. The number of methoxy groups -OCH3 is 3. The molecule has 5 rings (SSSR count). The van der Waals surface area contributed by atoms with Gasteiger partial charge in [0.1, 0.15) is 12.0 Å². The molecule has 0 spiro atoms. The van der Waals surface area contributed by atoms with Crippen molar-refractivity contribution in [2.75, 3.05) is 21.3 Å². The maximum Gasteiger partial charge on any atom is 0.337 e. The van der Waals surface area contributed by atoms with E-state index < -0.39 is 17.8 Å². The predicted octanol–water partition coefficient (Wildman–Crippen LogP) is 5.94. The van der Waals surface area contributed by atoms with Gasteiger partial charge in [-0.3, -0.25) is 14.6 Å². The molecule has 41 heavy (non-hydrogen) atoms. The molecule has 0 saturated heterocycles. The fourth-order valence-electron chi connectivity index (χ4n) is 6.43. The zero-order chi connectivity index (χ0) is 29.1. The summed E-state index contributed by atoms with van der Waals surface area (Å²) in [7, 11) is 4.51. The topological polar surface area (TPSA) is 100 Å². The first-order chi connectivity index (χ1) is 19.8. The second kappa shape index (κ2) is 12.3. The summed E-state index contributed by atoms with van der Waals surface area (Å²) in [5.41, 5.74) is 4.02. The van der Waals surface area contributed by atoms with Gasteiger partial charge in [0.05, 0.1) is 26.9 Å². The molecule has 8 nitrogen and oxygen atoms in total. The third-order valence-electron chi connectivity index (χ3n) is 8.55. The van der Waals surface area contributed by atoms with Gasteiger partial charge in [-0.05, 0) is 80.3 Å². The average molecular weight is 560 g/mol. The fraction of sp³-hybridized carbons (Fsp3) is 0.455. The number of rotatable bonds is 7. The number of benzene rings is 2. The highest BCUT2D eigenvalue weighted by molar-refractivity contribution is 6.09. The zero-order valence-electron chi connectivity index (χ0n) is 24.1. The summed E-state index contributed by atoms with van der Waals surface area (Å²) in [6.45, 7) is 1.84. The number of hydrogen-bond donors (Lipinski definition) is 0. The van der Waals surface area contributed by atoms with Crippen LogP contribution in [-0.4, -0.2) is 50.9 Å². The van der Waals surface area contributed by atoms with Gasteiger partial charge < -0.3 is 18.9 Å². The Morgan fingerprint density at radius 3 is 2.20 bits per heavy atom. The van der Waals surface area contributed by atoms with Gasteiger partial charge in [-0.1, -0.05) is 24.6 Å². The molecule has 216 valence electrons. The fourth-order valence-corrected chi connectivity index (χ4v) is 6.43. The Labute approximate surface area is 240 Å². The standard InChI is InChI=1S/C33H37NO7/c1-19-29(33(37)41-24-8-6-5-7-9-24)30(20-10-12-21(13-11-20)32(36)40-4)31-25(34-19)16-23(17-26(31)35)22-14-15-27(38-2)28(18-22)39-3/h10-15,18,23-24,29-30H,5-9,16-17H2,1-4H3/t23-,29?,30+/m0/s1. The summed E-state index contributed by atoms with van der Waals surface area (Å²) >= 11 is 0. The Morgan fingerprint density at radius 1 is 0.854 bits per heavy atom. The molecule has 1 heterocycles. The van der Waals surface area contributed by atoms with Crippen molar-refractivity contribution in [1.29, 1.82) is 0 Å². The molecule has 1 aliphatic heterocycles. The number of carbonyl (C=O) groups excluding carboxylic acids is 3.